The molecule has 0 radical (unpaired) electrons. The number of alkyl halides is 3. The maximum Gasteiger partial charge on any atom is 1.00 e. The number of rotatable bonds is 9. The normalized spacial score (nSPS) is 13.7. The van der Waals surface area contributed by atoms with E-state index in [1.165, 1.54) is 30.0 Å². The number of aliphatic carboxylic acids is 1. The third-order valence-electron chi connectivity index (χ3n) is 5.36. The van der Waals surface area contributed by atoms with Crippen LogP contribution in [0.5, 0.6) is 0 Å². The van der Waals surface area contributed by atoms with Crippen LogP contribution in [0.1, 0.15) is 16.8 Å². The molecule has 1 unspecified atom stereocenters. The fourth-order valence-electron chi connectivity index (χ4n) is 3.57. The predicted molar refractivity (Wildman–Crippen MR) is 130 cm³/mol. The molecule has 0 saturated heterocycles. The van der Waals surface area contributed by atoms with Gasteiger partial charge in [-0.15, -0.1) is 0 Å². The van der Waals surface area contributed by atoms with E-state index in [1.807, 2.05) is 6.26 Å². The maximum absolute atomic E-state index is 13.3. The molecule has 0 fully saturated rings. The first-order chi connectivity index (χ1) is 17.1. The van der Waals surface area contributed by atoms with Crippen molar-refractivity contribution in [3.63, 3.8) is 0 Å². The average molecular weight is 542 g/mol. The van der Waals surface area contributed by atoms with Crippen molar-refractivity contribution in [1.29, 1.82) is 0 Å². The number of benzene rings is 2. The van der Waals surface area contributed by atoms with Crippen molar-refractivity contribution in [2.24, 2.45) is 0 Å². The number of allylic oxidation sites excluding steroid dienone is 2. The largest absolute Gasteiger partial charge is 1.00 e. The summed E-state index contributed by atoms with van der Waals surface area (Å²) < 4.78 is 40.0. The Morgan fingerprint density at radius 3 is 2.43 bits per heavy atom. The number of dihydropyridines is 1. The van der Waals surface area contributed by atoms with Crippen molar-refractivity contribution >= 4 is 35.2 Å². The summed E-state index contributed by atoms with van der Waals surface area (Å²) in [4.78, 5) is 37.2. The number of carbonyl (C=O) groups excluding carboxylic acids is 3. The molecular formula is C25H23F3N3NaO4S. The molecule has 2 aromatic rings. The van der Waals surface area contributed by atoms with E-state index >= 15 is 0 Å². The molecule has 1 heterocycles. The van der Waals surface area contributed by atoms with E-state index in [4.69, 9.17) is 0 Å². The van der Waals surface area contributed by atoms with Crippen LogP contribution in [0.2, 0.25) is 0 Å². The number of carboxylic acid groups (broad SMARTS) is 1. The van der Waals surface area contributed by atoms with Gasteiger partial charge >= 0.3 is 35.7 Å². The van der Waals surface area contributed by atoms with E-state index in [9.17, 15) is 32.7 Å². The quantitative estimate of drug-likeness (QED) is 0.382. The number of hydrogen-bond acceptors (Lipinski definition) is 6. The van der Waals surface area contributed by atoms with E-state index in [1.54, 1.807) is 30.3 Å². The molecule has 3 N–H and O–H groups in total. The number of carbonyl (C=O) groups is 3. The fraction of sp³-hybridized carbons (Fsp3) is 0.240. The van der Waals surface area contributed by atoms with Crippen LogP contribution >= 0.6 is 11.8 Å². The zero-order valence-electron chi connectivity index (χ0n) is 20.1. The number of thioether (sulfide) groups is 1. The summed E-state index contributed by atoms with van der Waals surface area (Å²) >= 11 is 1.43. The van der Waals surface area contributed by atoms with Gasteiger partial charge in [-0.05, 0) is 60.0 Å². The van der Waals surface area contributed by atoms with Crippen molar-refractivity contribution < 1.29 is 62.2 Å². The number of carboxylic acids is 1. The standard InChI is InChI=1S/C25H24F3N3O4S.Na/c1-36-12-10-21(24(34)35)31-22(32)17-8-7-16(13-18(17)15-5-3-2-4-6-15)30-23(33)19-14-29-11-9-20(19)25(26,27)28;/h2-9,11,13,21,29H,10,12,14H2,1H3,(H,30,33)(H,31,32)(H,34,35);/q;+1/p-1. The number of anilines is 1. The van der Waals surface area contributed by atoms with Crippen LogP contribution in [-0.4, -0.2) is 48.6 Å². The SMILES string of the molecule is CSCCC(NC(=O)c1ccc(NC(=O)C2=C(C(F)(F)F)C=CNC2)cc1-c1ccccc1)C(=O)[O-].[Na+]. The number of nitrogens with one attached hydrogen (secondary N) is 3. The molecule has 0 saturated carbocycles. The molecule has 1 aliphatic heterocycles. The molecule has 2 aromatic carbocycles. The van der Waals surface area contributed by atoms with Gasteiger partial charge in [-0.25, -0.2) is 0 Å². The fourth-order valence-corrected chi connectivity index (χ4v) is 4.04. The third-order valence-corrected chi connectivity index (χ3v) is 6.00. The molecule has 190 valence electrons. The van der Waals surface area contributed by atoms with Crippen molar-refractivity contribution in [3.05, 3.63) is 77.5 Å². The van der Waals surface area contributed by atoms with Crippen molar-refractivity contribution in [3.8, 4) is 11.1 Å². The van der Waals surface area contributed by atoms with Crippen LogP contribution in [-0.2, 0) is 9.59 Å². The van der Waals surface area contributed by atoms with E-state index in [2.05, 4.69) is 16.0 Å². The molecule has 37 heavy (non-hydrogen) atoms. The molecule has 3 rings (SSSR count). The van der Waals surface area contributed by atoms with Crippen LogP contribution < -0.4 is 50.6 Å². The molecule has 2 amide bonds. The van der Waals surface area contributed by atoms with Gasteiger partial charge in [-0.3, -0.25) is 9.59 Å². The Labute approximate surface area is 238 Å². The first-order valence-electron chi connectivity index (χ1n) is 10.8. The van der Waals surface area contributed by atoms with E-state index < -0.39 is 41.1 Å². The van der Waals surface area contributed by atoms with Crippen LogP contribution in [0.25, 0.3) is 11.1 Å². The van der Waals surface area contributed by atoms with Gasteiger partial charge in [0.2, 0.25) is 0 Å². The third kappa shape index (κ3) is 8.13. The van der Waals surface area contributed by atoms with Gasteiger partial charge in [0, 0.05) is 23.4 Å². The van der Waals surface area contributed by atoms with Gasteiger partial charge in [0.25, 0.3) is 11.8 Å². The Morgan fingerprint density at radius 2 is 1.81 bits per heavy atom. The first kappa shape index (κ1) is 30.5. The Balaban J connectivity index is 0.00000481. The average Bonchev–Trinajstić information content (AvgIpc) is 2.86. The second kappa shape index (κ2) is 13.7. The minimum absolute atomic E-state index is 0. The van der Waals surface area contributed by atoms with Crippen LogP contribution in [0.4, 0.5) is 18.9 Å². The number of halogens is 3. The minimum atomic E-state index is -4.70. The van der Waals surface area contributed by atoms with Crippen molar-refractivity contribution in [2.45, 2.75) is 18.6 Å². The van der Waals surface area contributed by atoms with Crippen LogP contribution in [0.3, 0.4) is 0 Å². The molecule has 1 aliphatic rings. The summed E-state index contributed by atoms with van der Waals surface area (Å²) in [6.45, 7) is -0.302. The number of amides is 2. The van der Waals surface area contributed by atoms with Gasteiger partial charge in [0.1, 0.15) is 0 Å². The molecular weight excluding hydrogens is 518 g/mol. The van der Waals surface area contributed by atoms with E-state index in [0.29, 0.717) is 16.9 Å². The Kier molecular flexibility index (Phi) is 11.3. The van der Waals surface area contributed by atoms with Crippen LogP contribution in [0, 0.1) is 0 Å². The maximum atomic E-state index is 13.3. The second-order valence-electron chi connectivity index (χ2n) is 7.81. The van der Waals surface area contributed by atoms with Gasteiger partial charge in [-0.1, -0.05) is 30.3 Å². The summed E-state index contributed by atoms with van der Waals surface area (Å²) in [5.74, 6) is -2.52. The zero-order chi connectivity index (χ0) is 26.3. The topological polar surface area (TPSA) is 110 Å². The van der Waals surface area contributed by atoms with E-state index in [0.717, 1.165) is 12.3 Å². The molecule has 0 aliphatic carbocycles. The van der Waals surface area contributed by atoms with Crippen molar-refractivity contribution in [1.82, 2.24) is 10.6 Å². The van der Waals surface area contributed by atoms with Crippen molar-refractivity contribution in [2.75, 3.05) is 23.9 Å². The van der Waals surface area contributed by atoms with Gasteiger partial charge in [-0.2, -0.15) is 24.9 Å². The van der Waals surface area contributed by atoms with E-state index in [-0.39, 0.29) is 53.8 Å². The predicted octanol–water partition coefficient (Wildman–Crippen LogP) is -0.127. The van der Waals surface area contributed by atoms with Gasteiger partial charge in [0.15, 0.2) is 0 Å². The molecule has 0 spiro atoms. The summed E-state index contributed by atoms with van der Waals surface area (Å²) in [7, 11) is 0. The molecule has 0 aromatic heterocycles. The Morgan fingerprint density at radius 1 is 1.11 bits per heavy atom. The Bertz CT molecular complexity index is 1200. The second-order valence-corrected chi connectivity index (χ2v) is 8.80. The smallest absolute Gasteiger partial charge is 0.548 e. The molecule has 12 heteroatoms. The Hall–Kier alpha value is -2.73. The molecule has 0 bridgehead atoms. The van der Waals surface area contributed by atoms with Gasteiger partial charge in [0.05, 0.1) is 17.6 Å². The number of hydrogen-bond donors (Lipinski definition) is 3. The monoisotopic (exact) mass is 541 g/mol. The molecule has 1 atom stereocenters. The summed E-state index contributed by atoms with van der Waals surface area (Å²) in [5, 5.41) is 19.0. The zero-order valence-corrected chi connectivity index (χ0v) is 23.0. The van der Waals surface area contributed by atoms with Gasteiger partial charge < -0.3 is 25.9 Å². The summed E-state index contributed by atoms with van der Waals surface area (Å²) in [6, 6.07) is 11.6. The first-order valence-corrected chi connectivity index (χ1v) is 12.2. The minimum Gasteiger partial charge on any atom is -0.548 e. The molecule has 7 nitrogen and oxygen atoms in total. The van der Waals surface area contributed by atoms with Crippen LogP contribution in [0.15, 0.2) is 72.0 Å². The summed E-state index contributed by atoms with van der Waals surface area (Å²) in [6.07, 6.45) is -0.800. The summed E-state index contributed by atoms with van der Waals surface area (Å²) in [5.41, 5.74) is -0.273.